The van der Waals surface area contributed by atoms with Crippen molar-refractivity contribution in [3.63, 3.8) is 0 Å². The van der Waals surface area contributed by atoms with Crippen LogP contribution in [0.15, 0.2) is 29.4 Å². The van der Waals surface area contributed by atoms with Crippen LogP contribution < -0.4 is 5.73 Å². The molecule has 6 nitrogen and oxygen atoms in total. The highest BCUT2D eigenvalue weighted by molar-refractivity contribution is 6.01. The molecule has 1 fully saturated rings. The lowest BCUT2D eigenvalue weighted by atomic mass is 10.1. The van der Waals surface area contributed by atoms with E-state index in [9.17, 15) is 4.79 Å². The van der Waals surface area contributed by atoms with Crippen LogP contribution in [0.2, 0.25) is 0 Å². The van der Waals surface area contributed by atoms with Crippen LogP contribution in [0.1, 0.15) is 28.8 Å². The molecule has 1 aromatic carbocycles. The number of amidine groups is 1. The Hall–Kier alpha value is -2.08. The summed E-state index contributed by atoms with van der Waals surface area (Å²) in [4.78, 5) is 16.5. The van der Waals surface area contributed by atoms with Gasteiger partial charge in [0.25, 0.3) is 5.91 Å². The lowest BCUT2D eigenvalue weighted by Gasteiger charge is -2.26. The minimum absolute atomic E-state index is 0.00262. The second kappa shape index (κ2) is 6.58. The molecule has 1 atom stereocenters. The van der Waals surface area contributed by atoms with Gasteiger partial charge in [0.1, 0.15) is 0 Å². The van der Waals surface area contributed by atoms with Crippen molar-refractivity contribution in [2.24, 2.45) is 10.9 Å². The van der Waals surface area contributed by atoms with Gasteiger partial charge in [-0.05, 0) is 38.6 Å². The normalized spacial score (nSPS) is 19.7. The van der Waals surface area contributed by atoms with Gasteiger partial charge in [-0.2, -0.15) is 0 Å². The summed E-state index contributed by atoms with van der Waals surface area (Å²) >= 11 is 0. The van der Waals surface area contributed by atoms with E-state index in [-0.39, 0.29) is 11.7 Å². The standard InChI is InChI=1S/C15H22N4O2/c1-18-8-4-7-13(18)10-19(2)15(20)12-6-3-5-11(9-12)14(16)17-21/h3,5-6,9,13,21H,4,7-8,10H2,1-2H3,(H2,16,17). The Morgan fingerprint density at radius 1 is 1.52 bits per heavy atom. The van der Waals surface area contributed by atoms with Gasteiger partial charge in [-0.1, -0.05) is 17.3 Å². The second-order valence-electron chi connectivity index (χ2n) is 5.53. The zero-order chi connectivity index (χ0) is 15.4. The van der Waals surface area contributed by atoms with Crippen LogP contribution >= 0.6 is 0 Å². The molecule has 0 aliphatic carbocycles. The van der Waals surface area contributed by atoms with Crippen LogP contribution in [0.3, 0.4) is 0 Å². The van der Waals surface area contributed by atoms with Gasteiger partial charge in [0.2, 0.25) is 0 Å². The third-order valence-electron chi connectivity index (χ3n) is 4.02. The summed E-state index contributed by atoms with van der Waals surface area (Å²) in [6.07, 6.45) is 2.31. The second-order valence-corrected chi connectivity index (χ2v) is 5.53. The molecule has 0 saturated carbocycles. The van der Waals surface area contributed by atoms with Crippen LogP contribution in [0, 0.1) is 0 Å². The summed E-state index contributed by atoms with van der Waals surface area (Å²) < 4.78 is 0. The van der Waals surface area contributed by atoms with E-state index in [1.165, 1.54) is 6.42 Å². The molecule has 6 heteroatoms. The molecule has 1 heterocycles. The molecular weight excluding hydrogens is 268 g/mol. The van der Waals surface area contributed by atoms with Crippen molar-refractivity contribution >= 4 is 11.7 Å². The Morgan fingerprint density at radius 2 is 2.24 bits per heavy atom. The van der Waals surface area contributed by atoms with Crippen LogP contribution in [-0.4, -0.2) is 60.0 Å². The molecule has 114 valence electrons. The number of likely N-dealkylation sites (N-methyl/N-ethyl adjacent to an activating group) is 2. The highest BCUT2D eigenvalue weighted by atomic mass is 16.4. The maximum atomic E-state index is 12.5. The van der Waals surface area contributed by atoms with E-state index < -0.39 is 0 Å². The molecule has 1 aliphatic heterocycles. The third-order valence-corrected chi connectivity index (χ3v) is 4.02. The number of carbonyl (C=O) groups is 1. The molecule has 1 saturated heterocycles. The molecule has 3 N–H and O–H groups in total. The van der Waals surface area contributed by atoms with E-state index in [0.29, 0.717) is 23.7 Å². The Labute approximate surface area is 124 Å². The highest BCUT2D eigenvalue weighted by Gasteiger charge is 2.24. The van der Waals surface area contributed by atoms with E-state index in [1.54, 1.807) is 29.2 Å². The molecule has 0 radical (unpaired) electrons. The summed E-state index contributed by atoms with van der Waals surface area (Å²) in [6.45, 7) is 1.80. The van der Waals surface area contributed by atoms with E-state index in [2.05, 4.69) is 17.1 Å². The van der Waals surface area contributed by atoms with E-state index in [1.807, 2.05) is 7.05 Å². The molecule has 1 amide bonds. The molecule has 1 aromatic rings. The molecule has 0 spiro atoms. The van der Waals surface area contributed by atoms with Gasteiger partial charge in [0, 0.05) is 30.8 Å². The summed E-state index contributed by atoms with van der Waals surface area (Å²) in [5, 5.41) is 11.7. The minimum atomic E-state index is -0.0529. The van der Waals surface area contributed by atoms with Gasteiger partial charge in [-0.3, -0.25) is 4.79 Å². The molecule has 1 unspecified atom stereocenters. The zero-order valence-electron chi connectivity index (χ0n) is 12.5. The number of hydrogen-bond acceptors (Lipinski definition) is 4. The fourth-order valence-electron chi connectivity index (χ4n) is 2.70. The van der Waals surface area contributed by atoms with Crippen molar-refractivity contribution in [3.8, 4) is 0 Å². The first-order valence-electron chi connectivity index (χ1n) is 7.06. The number of nitrogens with two attached hydrogens (primary N) is 1. The quantitative estimate of drug-likeness (QED) is 0.374. The van der Waals surface area contributed by atoms with Crippen molar-refractivity contribution in [2.75, 3.05) is 27.2 Å². The zero-order valence-corrected chi connectivity index (χ0v) is 12.5. The summed E-state index contributed by atoms with van der Waals surface area (Å²) in [5.41, 5.74) is 6.64. The van der Waals surface area contributed by atoms with Gasteiger partial charge >= 0.3 is 0 Å². The predicted octanol–water partition coefficient (Wildman–Crippen LogP) is 0.947. The number of hydrogen-bond donors (Lipinski definition) is 2. The lowest BCUT2D eigenvalue weighted by molar-refractivity contribution is 0.0761. The van der Waals surface area contributed by atoms with Crippen molar-refractivity contribution in [3.05, 3.63) is 35.4 Å². The van der Waals surface area contributed by atoms with E-state index >= 15 is 0 Å². The fraction of sp³-hybridized carbons (Fsp3) is 0.467. The van der Waals surface area contributed by atoms with Crippen molar-refractivity contribution in [2.45, 2.75) is 18.9 Å². The molecule has 21 heavy (non-hydrogen) atoms. The fourth-order valence-corrected chi connectivity index (χ4v) is 2.70. The SMILES string of the molecule is CN(CC1CCCN1C)C(=O)c1cccc(C(N)=NO)c1. The lowest BCUT2D eigenvalue weighted by Crippen LogP contribution is -2.39. The minimum Gasteiger partial charge on any atom is -0.409 e. The van der Waals surface area contributed by atoms with Gasteiger partial charge in [-0.15, -0.1) is 0 Å². The summed E-state index contributed by atoms with van der Waals surface area (Å²) in [5.74, 6) is -0.0503. The number of rotatable bonds is 4. The Kier molecular flexibility index (Phi) is 4.80. The summed E-state index contributed by atoms with van der Waals surface area (Å²) in [6, 6.07) is 7.25. The Morgan fingerprint density at radius 3 is 2.86 bits per heavy atom. The number of benzene rings is 1. The van der Waals surface area contributed by atoms with Crippen LogP contribution in [-0.2, 0) is 0 Å². The van der Waals surface area contributed by atoms with Crippen LogP contribution in [0.25, 0.3) is 0 Å². The smallest absolute Gasteiger partial charge is 0.253 e. The van der Waals surface area contributed by atoms with E-state index in [0.717, 1.165) is 13.0 Å². The predicted molar refractivity (Wildman–Crippen MR) is 81.6 cm³/mol. The summed E-state index contributed by atoms with van der Waals surface area (Å²) in [7, 11) is 3.90. The van der Waals surface area contributed by atoms with E-state index in [4.69, 9.17) is 10.9 Å². The van der Waals surface area contributed by atoms with Gasteiger partial charge in [0.15, 0.2) is 5.84 Å². The first kappa shape index (κ1) is 15.3. The average molecular weight is 290 g/mol. The van der Waals surface area contributed by atoms with Gasteiger partial charge < -0.3 is 20.7 Å². The first-order valence-corrected chi connectivity index (χ1v) is 7.06. The number of amides is 1. The highest BCUT2D eigenvalue weighted by Crippen LogP contribution is 2.16. The number of nitrogens with zero attached hydrogens (tertiary/aromatic N) is 3. The Bertz CT molecular complexity index is 544. The third kappa shape index (κ3) is 3.52. The topological polar surface area (TPSA) is 82.2 Å². The number of oxime groups is 1. The van der Waals surface area contributed by atoms with Crippen molar-refractivity contribution in [1.82, 2.24) is 9.80 Å². The molecule has 0 aromatic heterocycles. The maximum Gasteiger partial charge on any atom is 0.253 e. The molecular formula is C15H22N4O2. The van der Waals surface area contributed by atoms with Crippen LogP contribution in [0.4, 0.5) is 0 Å². The average Bonchev–Trinajstić information content (AvgIpc) is 2.90. The number of likely N-dealkylation sites (tertiary alicyclic amines) is 1. The molecule has 1 aliphatic rings. The Balaban J connectivity index is 2.08. The largest absolute Gasteiger partial charge is 0.409 e. The van der Waals surface area contributed by atoms with Crippen LogP contribution in [0.5, 0.6) is 0 Å². The molecule has 0 bridgehead atoms. The maximum absolute atomic E-state index is 12.5. The first-order chi connectivity index (χ1) is 10.0. The van der Waals surface area contributed by atoms with Crippen molar-refractivity contribution < 1.29 is 10.0 Å². The van der Waals surface area contributed by atoms with Gasteiger partial charge in [0.05, 0.1) is 0 Å². The van der Waals surface area contributed by atoms with Gasteiger partial charge in [-0.25, -0.2) is 0 Å². The monoisotopic (exact) mass is 290 g/mol. The van der Waals surface area contributed by atoms with Crippen molar-refractivity contribution in [1.29, 1.82) is 0 Å². The molecule has 2 rings (SSSR count). The number of carbonyl (C=O) groups excluding carboxylic acids is 1.